The van der Waals surface area contributed by atoms with Crippen LogP contribution in [0, 0.1) is 0 Å². The Kier molecular flexibility index (Phi) is 5.27. The molecular weight excluding hydrogens is 374 g/mol. The third kappa shape index (κ3) is 3.32. The lowest BCUT2D eigenvalue weighted by Crippen LogP contribution is -2.21. The fourth-order valence-corrected chi connectivity index (χ4v) is 3.93. The van der Waals surface area contributed by atoms with Crippen LogP contribution >= 0.6 is 0 Å². The number of amides is 1. The van der Waals surface area contributed by atoms with E-state index in [1.807, 2.05) is 54.9 Å². The summed E-state index contributed by atoms with van der Waals surface area (Å²) in [7, 11) is 5.21. The number of pyridine rings is 1. The van der Waals surface area contributed by atoms with Crippen molar-refractivity contribution in [2.75, 3.05) is 21.2 Å². The van der Waals surface area contributed by atoms with Crippen LogP contribution < -0.4 is 4.74 Å². The number of para-hydroxylation sites is 1. The summed E-state index contributed by atoms with van der Waals surface area (Å²) in [5, 5.41) is 1.09. The minimum absolute atomic E-state index is 0.0136. The number of carbonyl (C=O) groups is 1. The van der Waals surface area contributed by atoms with Crippen molar-refractivity contribution in [1.82, 2.24) is 14.9 Å². The summed E-state index contributed by atoms with van der Waals surface area (Å²) in [6.45, 7) is 2.14. The molecule has 0 atom stereocenters. The highest BCUT2D eigenvalue weighted by molar-refractivity contribution is 6.01. The molecule has 5 heteroatoms. The van der Waals surface area contributed by atoms with Gasteiger partial charge in [-0.15, -0.1) is 0 Å². The SMILES string of the molecule is CCc1c(-c2cccc(C(=O)N(C)C)c2)cnc2[nH]cc(-c3ccccc3OC)c12. The fraction of sp³-hybridized carbons (Fsp3) is 0.200. The van der Waals surface area contributed by atoms with Gasteiger partial charge in [0.1, 0.15) is 11.4 Å². The van der Waals surface area contributed by atoms with E-state index >= 15 is 0 Å². The number of hydrogen-bond acceptors (Lipinski definition) is 3. The van der Waals surface area contributed by atoms with Crippen LogP contribution in [0.25, 0.3) is 33.3 Å². The van der Waals surface area contributed by atoms with Gasteiger partial charge in [-0.25, -0.2) is 4.98 Å². The van der Waals surface area contributed by atoms with Crippen molar-refractivity contribution in [3.05, 3.63) is 72.1 Å². The molecule has 1 N–H and O–H groups in total. The van der Waals surface area contributed by atoms with Crippen molar-refractivity contribution in [2.24, 2.45) is 0 Å². The predicted octanol–water partition coefficient (Wildman–Crippen LogP) is 5.17. The van der Waals surface area contributed by atoms with Gasteiger partial charge in [-0.2, -0.15) is 0 Å². The lowest BCUT2D eigenvalue weighted by atomic mass is 9.93. The fourth-order valence-electron chi connectivity index (χ4n) is 3.93. The van der Waals surface area contributed by atoms with Crippen LogP contribution in [0.5, 0.6) is 5.75 Å². The highest BCUT2D eigenvalue weighted by Gasteiger charge is 2.18. The molecule has 2 aromatic heterocycles. The molecule has 152 valence electrons. The van der Waals surface area contributed by atoms with E-state index in [0.29, 0.717) is 5.56 Å². The zero-order valence-electron chi connectivity index (χ0n) is 17.7. The minimum atomic E-state index is -0.0136. The van der Waals surface area contributed by atoms with Crippen LogP contribution in [0.1, 0.15) is 22.8 Å². The average Bonchev–Trinajstić information content (AvgIpc) is 3.22. The monoisotopic (exact) mass is 399 g/mol. The molecule has 0 fully saturated rings. The standard InChI is InChI=1S/C25H25N3O2/c1-5-18-20(16-9-8-10-17(13-16)25(29)28(2)3)14-26-24-23(18)21(15-27-24)19-11-6-7-12-22(19)30-4/h6-15H,5H2,1-4H3,(H,26,27). The van der Waals surface area contributed by atoms with Crippen LogP contribution in [0.4, 0.5) is 0 Å². The average molecular weight is 399 g/mol. The number of nitrogens with one attached hydrogen (secondary N) is 1. The minimum Gasteiger partial charge on any atom is -0.496 e. The molecule has 0 spiro atoms. The quantitative estimate of drug-likeness (QED) is 0.504. The Hall–Kier alpha value is -3.60. The van der Waals surface area contributed by atoms with Gasteiger partial charge in [0.25, 0.3) is 5.91 Å². The van der Waals surface area contributed by atoms with Gasteiger partial charge in [0, 0.05) is 54.1 Å². The maximum atomic E-state index is 12.5. The van der Waals surface area contributed by atoms with Crippen LogP contribution in [0.2, 0.25) is 0 Å². The van der Waals surface area contributed by atoms with Crippen molar-refractivity contribution in [1.29, 1.82) is 0 Å². The number of carbonyl (C=O) groups excluding carboxylic acids is 1. The summed E-state index contributed by atoms with van der Waals surface area (Å²) >= 11 is 0. The normalized spacial score (nSPS) is 10.9. The molecule has 0 radical (unpaired) electrons. The van der Waals surface area contributed by atoms with Crippen molar-refractivity contribution in [2.45, 2.75) is 13.3 Å². The molecule has 1 amide bonds. The number of aromatic nitrogens is 2. The largest absolute Gasteiger partial charge is 0.496 e. The molecule has 0 aliphatic rings. The Labute approximate surface area is 176 Å². The maximum absolute atomic E-state index is 12.5. The first-order chi connectivity index (χ1) is 14.5. The summed E-state index contributed by atoms with van der Waals surface area (Å²) in [5.41, 5.74) is 6.81. The first-order valence-corrected chi connectivity index (χ1v) is 9.99. The molecule has 5 nitrogen and oxygen atoms in total. The van der Waals surface area contributed by atoms with E-state index in [0.717, 1.165) is 45.5 Å². The second-order valence-corrected chi connectivity index (χ2v) is 7.41. The number of aromatic amines is 1. The van der Waals surface area contributed by atoms with Gasteiger partial charge in [0.05, 0.1) is 7.11 Å². The zero-order chi connectivity index (χ0) is 21.3. The van der Waals surface area contributed by atoms with E-state index < -0.39 is 0 Å². The molecule has 4 rings (SSSR count). The van der Waals surface area contributed by atoms with Gasteiger partial charge < -0.3 is 14.6 Å². The lowest BCUT2D eigenvalue weighted by molar-refractivity contribution is 0.0827. The van der Waals surface area contributed by atoms with E-state index in [1.165, 1.54) is 5.56 Å². The number of aryl methyl sites for hydroxylation is 1. The number of fused-ring (bicyclic) bond motifs is 1. The van der Waals surface area contributed by atoms with Crippen molar-refractivity contribution in [3.63, 3.8) is 0 Å². The Bertz CT molecular complexity index is 1220. The number of hydrogen-bond donors (Lipinski definition) is 1. The molecule has 0 saturated heterocycles. The van der Waals surface area contributed by atoms with Gasteiger partial charge in [-0.3, -0.25) is 4.79 Å². The Balaban J connectivity index is 1.94. The lowest BCUT2D eigenvalue weighted by Gasteiger charge is -2.14. The topological polar surface area (TPSA) is 58.2 Å². The van der Waals surface area contributed by atoms with Crippen LogP contribution in [-0.2, 0) is 6.42 Å². The summed E-state index contributed by atoms with van der Waals surface area (Å²) in [5.74, 6) is 0.810. The van der Waals surface area contributed by atoms with Gasteiger partial charge in [-0.1, -0.05) is 37.3 Å². The van der Waals surface area contributed by atoms with Gasteiger partial charge >= 0.3 is 0 Å². The van der Waals surface area contributed by atoms with E-state index in [2.05, 4.69) is 23.0 Å². The Morgan fingerprint density at radius 1 is 1.07 bits per heavy atom. The van der Waals surface area contributed by atoms with Crippen molar-refractivity contribution in [3.8, 4) is 28.0 Å². The zero-order valence-corrected chi connectivity index (χ0v) is 17.7. The smallest absolute Gasteiger partial charge is 0.253 e. The summed E-state index contributed by atoms with van der Waals surface area (Å²) in [6.07, 6.45) is 4.72. The van der Waals surface area contributed by atoms with Crippen molar-refractivity contribution >= 4 is 16.9 Å². The second-order valence-electron chi connectivity index (χ2n) is 7.41. The maximum Gasteiger partial charge on any atom is 0.253 e. The van der Waals surface area contributed by atoms with Gasteiger partial charge in [0.2, 0.25) is 0 Å². The van der Waals surface area contributed by atoms with Crippen LogP contribution in [0.15, 0.2) is 60.9 Å². The molecule has 4 aromatic rings. The number of methoxy groups -OCH3 is 1. The third-order valence-corrected chi connectivity index (χ3v) is 5.39. The number of benzene rings is 2. The predicted molar refractivity (Wildman–Crippen MR) is 121 cm³/mol. The van der Waals surface area contributed by atoms with E-state index in [9.17, 15) is 4.79 Å². The molecule has 30 heavy (non-hydrogen) atoms. The number of rotatable bonds is 5. The first kappa shape index (κ1) is 19.7. The Morgan fingerprint density at radius 3 is 2.60 bits per heavy atom. The molecule has 2 aromatic carbocycles. The van der Waals surface area contributed by atoms with Crippen LogP contribution in [0.3, 0.4) is 0 Å². The van der Waals surface area contributed by atoms with Gasteiger partial charge in [0.15, 0.2) is 0 Å². The number of H-pyrrole nitrogens is 1. The summed E-state index contributed by atoms with van der Waals surface area (Å²) in [4.78, 5) is 22.0. The molecular formula is C25H25N3O2. The molecule has 0 saturated carbocycles. The first-order valence-electron chi connectivity index (χ1n) is 9.99. The number of nitrogens with zero attached hydrogens (tertiary/aromatic N) is 2. The highest BCUT2D eigenvalue weighted by Crippen LogP contribution is 2.39. The van der Waals surface area contributed by atoms with Gasteiger partial charge in [-0.05, 0) is 35.7 Å². The van der Waals surface area contributed by atoms with Crippen LogP contribution in [-0.4, -0.2) is 42.0 Å². The molecule has 0 unspecified atom stereocenters. The molecule has 0 aliphatic heterocycles. The van der Waals surface area contributed by atoms with Crippen molar-refractivity contribution < 1.29 is 9.53 Å². The summed E-state index contributed by atoms with van der Waals surface area (Å²) < 4.78 is 5.59. The van der Waals surface area contributed by atoms with E-state index in [-0.39, 0.29) is 5.91 Å². The second kappa shape index (κ2) is 8.03. The van der Waals surface area contributed by atoms with E-state index in [4.69, 9.17) is 4.74 Å². The molecule has 0 bridgehead atoms. The Morgan fingerprint density at radius 2 is 1.87 bits per heavy atom. The number of ether oxygens (including phenoxy) is 1. The molecule has 2 heterocycles. The molecule has 0 aliphatic carbocycles. The third-order valence-electron chi connectivity index (χ3n) is 5.39. The highest BCUT2D eigenvalue weighted by atomic mass is 16.5. The summed E-state index contributed by atoms with van der Waals surface area (Å²) in [6, 6.07) is 15.7. The van der Waals surface area contributed by atoms with E-state index in [1.54, 1.807) is 26.1 Å².